The average molecular weight is 552 g/mol. The lowest BCUT2D eigenvalue weighted by atomic mass is 9.88. The van der Waals surface area contributed by atoms with Crippen molar-refractivity contribution in [2.45, 2.75) is 37.1 Å². The summed E-state index contributed by atoms with van der Waals surface area (Å²) in [4.78, 5) is 44.2. The van der Waals surface area contributed by atoms with Crippen LogP contribution in [0.3, 0.4) is 0 Å². The number of rotatable bonds is 4. The van der Waals surface area contributed by atoms with Crippen LogP contribution in [0.5, 0.6) is 0 Å². The summed E-state index contributed by atoms with van der Waals surface area (Å²) in [6.07, 6.45) is -6.28. The van der Waals surface area contributed by atoms with Crippen LogP contribution in [0.2, 0.25) is 0 Å². The summed E-state index contributed by atoms with van der Waals surface area (Å²) in [5, 5.41) is 11.5. The van der Waals surface area contributed by atoms with Crippen LogP contribution in [0.1, 0.15) is 29.6 Å². The molecule has 1 aromatic carbocycles. The Morgan fingerprint density at radius 1 is 1.13 bits per heavy atom. The molecule has 9 nitrogen and oxygen atoms in total. The SMILES string of the molecule is O=C(NC1(C(F)(F)F)CCOCC1)c1cn(-c2ccc(F)cc2F)c2nc(N3C[C@@H](O)CC3=O)ccc2c1=O. The van der Waals surface area contributed by atoms with Crippen LogP contribution >= 0.6 is 0 Å². The highest BCUT2D eigenvalue weighted by molar-refractivity contribution is 5.99. The van der Waals surface area contributed by atoms with E-state index >= 15 is 0 Å². The van der Waals surface area contributed by atoms with Gasteiger partial charge in [0, 0.05) is 38.3 Å². The summed E-state index contributed by atoms with van der Waals surface area (Å²) < 4.78 is 76.5. The van der Waals surface area contributed by atoms with E-state index in [2.05, 4.69) is 4.98 Å². The molecule has 2 aliphatic rings. The van der Waals surface area contributed by atoms with Gasteiger partial charge in [-0.05, 0) is 24.3 Å². The quantitative estimate of drug-likeness (QED) is 0.482. The fraction of sp³-hybridized carbons (Fsp3) is 0.360. The minimum atomic E-state index is -4.85. The van der Waals surface area contributed by atoms with Crippen molar-refractivity contribution in [2.75, 3.05) is 24.7 Å². The predicted molar refractivity (Wildman–Crippen MR) is 127 cm³/mol. The van der Waals surface area contributed by atoms with Gasteiger partial charge in [-0.1, -0.05) is 0 Å². The van der Waals surface area contributed by atoms with Gasteiger partial charge in [-0.2, -0.15) is 13.2 Å². The number of nitrogens with zero attached hydrogens (tertiary/aromatic N) is 3. The van der Waals surface area contributed by atoms with Crippen LogP contribution in [0.4, 0.5) is 27.8 Å². The number of ether oxygens (including phenoxy) is 1. The summed E-state index contributed by atoms with van der Waals surface area (Å²) in [5.41, 5.74) is -4.97. The third-order valence-corrected chi connectivity index (χ3v) is 6.87. The largest absolute Gasteiger partial charge is 0.411 e. The first-order valence-corrected chi connectivity index (χ1v) is 11.9. The molecule has 0 saturated carbocycles. The van der Waals surface area contributed by atoms with Crippen LogP contribution in [-0.2, 0) is 9.53 Å². The number of pyridine rings is 2. The van der Waals surface area contributed by atoms with Gasteiger partial charge in [0.1, 0.15) is 28.6 Å². The molecule has 0 unspecified atom stereocenters. The van der Waals surface area contributed by atoms with E-state index in [1.807, 2.05) is 5.32 Å². The Labute approximate surface area is 216 Å². The molecule has 39 heavy (non-hydrogen) atoms. The van der Waals surface area contributed by atoms with E-state index in [9.17, 15) is 41.4 Å². The molecule has 1 atom stereocenters. The maximum Gasteiger partial charge on any atom is 0.411 e. The molecular formula is C25H21F5N4O5. The van der Waals surface area contributed by atoms with Gasteiger partial charge in [0.15, 0.2) is 5.65 Å². The van der Waals surface area contributed by atoms with Gasteiger partial charge in [0.2, 0.25) is 11.3 Å². The van der Waals surface area contributed by atoms with Crippen molar-refractivity contribution >= 4 is 28.7 Å². The topological polar surface area (TPSA) is 114 Å². The number of alkyl halides is 3. The first-order chi connectivity index (χ1) is 18.4. The summed E-state index contributed by atoms with van der Waals surface area (Å²) in [7, 11) is 0. The number of hydrogen-bond donors (Lipinski definition) is 2. The normalized spacial score (nSPS) is 19.5. The summed E-state index contributed by atoms with van der Waals surface area (Å²) in [6.45, 7) is -0.617. The van der Waals surface area contributed by atoms with E-state index in [-0.39, 0.29) is 48.7 Å². The number of carbonyl (C=O) groups is 2. The average Bonchev–Trinajstić information content (AvgIpc) is 3.22. The highest BCUT2D eigenvalue weighted by Crippen LogP contribution is 2.38. The zero-order chi connectivity index (χ0) is 28.1. The number of benzene rings is 1. The van der Waals surface area contributed by atoms with Crippen molar-refractivity contribution in [1.29, 1.82) is 0 Å². The Hall–Kier alpha value is -3.91. The smallest absolute Gasteiger partial charge is 0.391 e. The second kappa shape index (κ2) is 9.68. The van der Waals surface area contributed by atoms with Gasteiger partial charge in [-0.3, -0.25) is 23.9 Å². The number of hydrogen-bond acceptors (Lipinski definition) is 6. The molecule has 0 bridgehead atoms. The van der Waals surface area contributed by atoms with Crippen molar-refractivity contribution in [3.63, 3.8) is 0 Å². The highest BCUT2D eigenvalue weighted by Gasteiger charge is 2.56. The molecule has 2 aliphatic heterocycles. The maximum absolute atomic E-state index is 14.9. The Bertz CT molecular complexity index is 1530. The zero-order valence-corrected chi connectivity index (χ0v) is 20.1. The second-order valence-electron chi connectivity index (χ2n) is 9.39. The number of anilines is 1. The van der Waals surface area contributed by atoms with Gasteiger partial charge in [0.05, 0.1) is 30.1 Å². The molecule has 2 fully saturated rings. The number of fused-ring (bicyclic) bond motifs is 1. The third kappa shape index (κ3) is 4.74. The third-order valence-electron chi connectivity index (χ3n) is 6.87. The van der Waals surface area contributed by atoms with E-state index in [4.69, 9.17) is 4.74 Å². The predicted octanol–water partition coefficient (Wildman–Crippen LogP) is 2.60. The molecule has 14 heteroatoms. The van der Waals surface area contributed by atoms with Crippen LogP contribution in [-0.4, -0.2) is 64.0 Å². The molecule has 4 heterocycles. The second-order valence-corrected chi connectivity index (χ2v) is 9.39. The van der Waals surface area contributed by atoms with E-state index < -0.39 is 65.1 Å². The molecular weight excluding hydrogens is 531 g/mol. The first-order valence-electron chi connectivity index (χ1n) is 11.9. The molecule has 206 valence electrons. The number of amides is 2. The lowest BCUT2D eigenvalue weighted by Crippen LogP contribution is -2.61. The van der Waals surface area contributed by atoms with Crippen LogP contribution in [0.15, 0.2) is 41.3 Å². The zero-order valence-electron chi connectivity index (χ0n) is 20.1. The van der Waals surface area contributed by atoms with Crippen LogP contribution in [0.25, 0.3) is 16.7 Å². The number of carbonyl (C=O) groups excluding carboxylic acids is 2. The van der Waals surface area contributed by atoms with E-state index in [0.29, 0.717) is 6.07 Å². The monoisotopic (exact) mass is 552 g/mol. The van der Waals surface area contributed by atoms with Crippen LogP contribution in [0, 0.1) is 11.6 Å². The highest BCUT2D eigenvalue weighted by atomic mass is 19.4. The van der Waals surface area contributed by atoms with Crippen molar-refractivity contribution < 1.29 is 41.4 Å². The molecule has 2 N–H and O–H groups in total. The minimum Gasteiger partial charge on any atom is -0.391 e. The number of aliphatic hydroxyl groups is 1. The maximum atomic E-state index is 14.9. The van der Waals surface area contributed by atoms with Gasteiger partial charge < -0.3 is 15.2 Å². The van der Waals surface area contributed by atoms with E-state index in [1.165, 1.54) is 12.1 Å². The fourth-order valence-electron chi connectivity index (χ4n) is 4.76. The number of nitrogens with one attached hydrogen (secondary N) is 1. The van der Waals surface area contributed by atoms with Crippen LogP contribution < -0.4 is 15.6 Å². The van der Waals surface area contributed by atoms with E-state index in [0.717, 1.165) is 27.8 Å². The lowest BCUT2D eigenvalue weighted by molar-refractivity contribution is -0.212. The number of β-amino-alcohol motifs (C(OH)–C–C–N with tert-alkyl or cyclic N) is 1. The molecule has 5 rings (SSSR count). The molecule has 2 aromatic heterocycles. The van der Waals surface area contributed by atoms with Crippen molar-refractivity contribution in [2.24, 2.45) is 0 Å². The molecule has 0 aliphatic carbocycles. The number of halogens is 5. The van der Waals surface area contributed by atoms with Gasteiger partial charge in [0.25, 0.3) is 5.91 Å². The minimum absolute atomic E-state index is 0.00940. The van der Waals surface area contributed by atoms with Gasteiger partial charge >= 0.3 is 6.18 Å². The summed E-state index contributed by atoms with van der Waals surface area (Å²) in [6, 6.07) is 4.92. The molecule has 2 saturated heterocycles. The van der Waals surface area contributed by atoms with E-state index in [1.54, 1.807) is 0 Å². The van der Waals surface area contributed by atoms with Crippen molar-refractivity contribution in [3.8, 4) is 5.69 Å². The first kappa shape index (κ1) is 26.7. The standard InChI is InChI=1S/C25H21F5N4O5/c26-13-1-3-18(17(27)9-13)33-12-16(23(38)32-24(25(28,29)30)5-7-39-8-6-24)21(37)15-2-4-19(31-22(15)33)34-11-14(35)10-20(34)36/h1-4,9,12,14,35H,5-8,10-11H2,(H,32,38)/t14-/m0/s1. The van der Waals surface area contributed by atoms with Crippen molar-refractivity contribution in [3.05, 3.63) is 63.9 Å². The lowest BCUT2D eigenvalue weighted by Gasteiger charge is -2.39. The Morgan fingerprint density at radius 3 is 2.46 bits per heavy atom. The molecule has 0 spiro atoms. The number of aromatic nitrogens is 2. The Morgan fingerprint density at radius 2 is 1.85 bits per heavy atom. The summed E-state index contributed by atoms with van der Waals surface area (Å²) >= 11 is 0. The van der Waals surface area contributed by atoms with Gasteiger partial charge in [-0.25, -0.2) is 13.8 Å². The van der Waals surface area contributed by atoms with Gasteiger partial charge in [-0.15, -0.1) is 0 Å². The molecule has 0 radical (unpaired) electrons. The fourth-order valence-corrected chi connectivity index (χ4v) is 4.76. The summed E-state index contributed by atoms with van der Waals surface area (Å²) in [5.74, 6) is -3.82. The van der Waals surface area contributed by atoms with Crippen molar-refractivity contribution in [1.82, 2.24) is 14.9 Å². The molecule has 2 amide bonds. The number of aliphatic hydroxyl groups excluding tert-OH is 1. The Kier molecular flexibility index (Phi) is 6.63. The Balaban J connectivity index is 1.68. The molecule has 3 aromatic rings.